The van der Waals surface area contributed by atoms with Gasteiger partial charge in [0.1, 0.15) is 17.4 Å². The van der Waals surface area contributed by atoms with Gasteiger partial charge in [0.05, 0.1) is 35.6 Å². The number of ether oxygens (including phenoxy) is 1. The summed E-state index contributed by atoms with van der Waals surface area (Å²) in [6, 6.07) is 5.50. The zero-order valence-corrected chi connectivity index (χ0v) is 26.9. The van der Waals surface area contributed by atoms with E-state index in [1.165, 1.54) is 37.6 Å². The highest BCUT2D eigenvalue weighted by Gasteiger charge is 2.32. The molecule has 2 aliphatic rings. The van der Waals surface area contributed by atoms with Gasteiger partial charge in [-0.05, 0) is 43.5 Å². The summed E-state index contributed by atoms with van der Waals surface area (Å²) in [6.07, 6.45) is 1.89. The number of non-ortho nitro benzene ring substituents is 1. The van der Waals surface area contributed by atoms with Crippen LogP contribution < -0.4 is 25.7 Å². The summed E-state index contributed by atoms with van der Waals surface area (Å²) < 4.78 is 22.5. The Labute approximate surface area is 277 Å². The van der Waals surface area contributed by atoms with Gasteiger partial charge in [-0.25, -0.2) is 9.18 Å². The number of rotatable bonds is 10. The largest absolute Gasteiger partial charge is 0.492 e. The molecule has 14 nitrogen and oxygen atoms in total. The number of anilines is 1. The molecule has 1 saturated carbocycles. The van der Waals surface area contributed by atoms with Gasteiger partial charge in [-0.3, -0.25) is 19.7 Å². The minimum absolute atomic E-state index is 0.0445. The lowest BCUT2D eigenvalue weighted by Crippen LogP contribution is -2.49. The smallest absolute Gasteiger partial charge is 0.341 e. The number of alkyl halides is 2. The number of piperazine rings is 1. The van der Waals surface area contributed by atoms with Crippen molar-refractivity contribution in [1.29, 1.82) is 0 Å². The first-order valence-electron chi connectivity index (χ1n) is 14.6. The number of fused-ring (bicyclic) bond motifs is 1. The molecule has 1 saturated heterocycles. The molecule has 254 valence electrons. The number of aliphatic hydroxyl groups is 2. The fraction of sp³-hybridized carbons (Fsp3) is 0.433. The number of carboxylic acid groups (broad SMARTS) is 1. The molecule has 0 radical (unpaired) electrons. The van der Waals surface area contributed by atoms with Crippen LogP contribution in [-0.4, -0.2) is 87.0 Å². The summed E-state index contributed by atoms with van der Waals surface area (Å²) in [4.78, 5) is 46.0. The van der Waals surface area contributed by atoms with Crippen molar-refractivity contribution in [1.82, 2.24) is 15.2 Å². The fourth-order valence-electron chi connectivity index (χ4n) is 5.36. The number of hydrogen-bond donors (Lipinski definition) is 5. The van der Waals surface area contributed by atoms with E-state index < -0.39 is 51.6 Å². The number of carbonyl (C=O) groups excluding carboxylic acids is 1. The number of pyridine rings is 1. The van der Waals surface area contributed by atoms with Gasteiger partial charge in [-0.2, -0.15) is 0 Å². The first kappa shape index (κ1) is 35.8. The first-order chi connectivity index (χ1) is 22.3. The van der Waals surface area contributed by atoms with Gasteiger partial charge in [0.15, 0.2) is 16.4 Å². The van der Waals surface area contributed by atoms with Crippen molar-refractivity contribution in [3.8, 4) is 5.75 Å². The minimum Gasteiger partial charge on any atom is -0.492 e. The Morgan fingerprint density at radius 1 is 1.26 bits per heavy atom. The number of nitro groups is 1. The van der Waals surface area contributed by atoms with E-state index in [4.69, 9.17) is 33.0 Å². The van der Waals surface area contributed by atoms with Gasteiger partial charge in [0.25, 0.3) is 11.6 Å². The van der Waals surface area contributed by atoms with E-state index in [1.54, 1.807) is 4.57 Å². The van der Waals surface area contributed by atoms with E-state index in [0.717, 1.165) is 25.5 Å². The number of carbonyl (C=O) groups is 2. The Bertz CT molecular complexity index is 1700. The van der Waals surface area contributed by atoms with Gasteiger partial charge >= 0.3 is 5.97 Å². The second-order valence-corrected chi connectivity index (χ2v) is 12.2. The van der Waals surface area contributed by atoms with Crippen LogP contribution >= 0.6 is 23.2 Å². The molecule has 3 atom stereocenters. The van der Waals surface area contributed by atoms with Crippen molar-refractivity contribution in [3.63, 3.8) is 0 Å². The maximum absolute atomic E-state index is 15.1. The molecule has 2 fully saturated rings. The highest BCUT2D eigenvalue weighted by atomic mass is 35.5. The highest BCUT2D eigenvalue weighted by Crippen LogP contribution is 2.43. The SMILES string of the molecule is COc1c(N2CCNC(C)C2)c(F)cc2c(=O)c(C(=O)O)cn(C3CC3)c12.O=C(N[C@H](CO)[C@H](O)c1ccc([N+](=O)[O-])cc1)C(Cl)Cl. The Morgan fingerprint density at radius 2 is 1.91 bits per heavy atom. The van der Waals surface area contributed by atoms with Crippen LogP contribution in [0.2, 0.25) is 0 Å². The minimum atomic E-state index is -1.33. The molecule has 3 aromatic rings. The fourth-order valence-corrected chi connectivity index (χ4v) is 5.48. The van der Waals surface area contributed by atoms with Crippen LogP contribution in [0.15, 0.2) is 41.3 Å². The van der Waals surface area contributed by atoms with Gasteiger partial charge < -0.3 is 40.2 Å². The van der Waals surface area contributed by atoms with Crippen molar-refractivity contribution in [3.05, 3.63) is 73.8 Å². The molecule has 5 rings (SSSR count). The number of aromatic nitrogens is 1. The molecular weight excluding hydrogens is 664 g/mol. The molecule has 2 heterocycles. The monoisotopic (exact) mass is 697 g/mol. The molecule has 1 aliphatic heterocycles. The van der Waals surface area contributed by atoms with Gasteiger partial charge in [0, 0.05) is 50.0 Å². The van der Waals surface area contributed by atoms with E-state index >= 15 is 4.39 Å². The van der Waals surface area contributed by atoms with Crippen LogP contribution in [0, 0.1) is 15.9 Å². The third kappa shape index (κ3) is 8.11. The van der Waals surface area contributed by atoms with Crippen LogP contribution in [0.1, 0.15) is 47.8 Å². The van der Waals surface area contributed by atoms with Gasteiger partial charge in [-0.15, -0.1) is 0 Å². The zero-order valence-electron chi connectivity index (χ0n) is 25.4. The first-order valence-corrected chi connectivity index (χ1v) is 15.4. The van der Waals surface area contributed by atoms with Gasteiger partial charge in [-0.1, -0.05) is 23.2 Å². The van der Waals surface area contributed by atoms with E-state index in [0.29, 0.717) is 35.6 Å². The lowest BCUT2D eigenvalue weighted by atomic mass is 10.0. The van der Waals surface area contributed by atoms with E-state index in [1.807, 2.05) is 11.8 Å². The Kier molecular flexibility index (Phi) is 11.6. The number of methoxy groups -OCH3 is 1. The second-order valence-electron chi connectivity index (χ2n) is 11.1. The molecule has 2 aromatic carbocycles. The highest BCUT2D eigenvalue weighted by molar-refractivity contribution is 6.53. The van der Waals surface area contributed by atoms with Crippen molar-refractivity contribution in [2.24, 2.45) is 0 Å². The van der Waals surface area contributed by atoms with E-state index in [9.17, 15) is 34.7 Å². The predicted molar refractivity (Wildman–Crippen MR) is 172 cm³/mol. The van der Waals surface area contributed by atoms with Crippen molar-refractivity contribution in [2.75, 3.05) is 38.3 Å². The number of aliphatic hydroxyl groups excluding tert-OH is 2. The molecule has 47 heavy (non-hydrogen) atoms. The topological polar surface area (TPSA) is 196 Å². The zero-order chi connectivity index (χ0) is 34.6. The summed E-state index contributed by atoms with van der Waals surface area (Å²) in [5.41, 5.74) is -0.0678. The Morgan fingerprint density at radius 3 is 2.43 bits per heavy atom. The third-order valence-corrected chi connectivity index (χ3v) is 8.20. The molecule has 0 bridgehead atoms. The molecule has 1 unspecified atom stereocenters. The summed E-state index contributed by atoms with van der Waals surface area (Å²) >= 11 is 10.7. The summed E-state index contributed by atoms with van der Waals surface area (Å²) in [5.74, 6) is -2.35. The molecule has 1 aliphatic carbocycles. The van der Waals surface area contributed by atoms with Gasteiger partial charge in [0.2, 0.25) is 5.43 Å². The van der Waals surface area contributed by atoms with E-state index in [-0.39, 0.29) is 28.7 Å². The number of carboxylic acids is 1. The van der Waals surface area contributed by atoms with Crippen LogP contribution in [0.5, 0.6) is 5.75 Å². The number of halogens is 3. The molecule has 1 amide bonds. The number of nitrogens with one attached hydrogen (secondary N) is 2. The average molecular weight is 699 g/mol. The quantitative estimate of drug-likeness (QED) is 0.119. The Hall–Kier alpha value is -4.02. The number of amides is 1. The number of hydrogen-bond acceptors (Lipinski definition) is 10. The van der Waals surface area contributed by atoms with Crippen LogP contribution in [-0.2, 0) is 4.79 Å². The maximum Gasteiger partial charge on any atom is 0.341 e. The van der Waals surface area contributed by atoms with Crippen molar-refractivity contribution in [2.45, 2.75) is 48.8 Å². The third-order valence-electron chi connectivity index (χ3n) is 7.81. The summed E-state index contributed by atoms with van der Waals surface area (Å²) in [6.45, 7) is 3.42. The lowest BCUT2D eigenvalue weighted by molar-refractivity contribution is -0.384. The number of nitrogens with zero attached hydrogens (tertiary/aromatic N) is 3. The van der Waals surface area contributed by atoms with Crippen molar-refractivity contribution >= 4 is 57.4 Å². The molecule has 5 N–H and O–H groups in total. The van der Waals surface area contributed by atoms with Crippen molar-refractivity contribution < 1.29 is 39.0 Å². The Balaban J connectivity index is 0.000000224. The molecular formula is C30H34Cl2FN5O9. The van der Waals surface area contributed by atoms with Crippen LogP contribution in [0.3, 0.4) is 0 Å². The standard InChI is InChI=1S/C19H22FN3O4.C11H12Cl2N2O5/c1-10-8-22(6-5-21-10)16-14(20)7-12-15(18(16)27-2)23(11-3-4-11)9-13(17(12)24)19(25)26;12-10(13)11(18)14-8(5-16)9(17)6-1-3-7(4-2-6)15(19)20/h7,9-11,21H,3-6,8H2,1-2H3,(H,25,26);1-4,8-10,16-17H,5H2,(H,14,18)/t;8-,9-/m.1/s1. The lowest BCUT2D eigenvalue weighted by Gasteiger charge is -2.35. The number of aromatic carboxylic acids is 1. The normalized spacial score (nSPS) is 17.4. The predicted octanol–water partition coefficient (Wildman–Crippen LogP) is 2.89. The van der Waals surface area contributed by atoms with Crippen LogP contribution in [0.4, 0.5) is 15.8 Å². The summed E-state index contributed by atoms with van der Waals surface area (Å²) in [5, 5.41) is 44.7. The number of benzene rings is 2. The maximum atomic E-state index is 15.1. The second kappa shape index (κ2) is 15.3. The molecule has 1 aromatic heterocycles. The summed E-state index contributed by atoms with van der Waals surface area (Å²) in [7, 11) is 1.45. The molecule has 0 spiro atoms. The van der Waals surface area contributed by atoms with Crippen LogP contribution in [0.25, 0.3) is 10.9 Å². The molecule has 17 heteroatoms. The average Bonchev–Trinajstić information content (AvgIpc) is 3.89. The number of nitro benzene ring substituents is 1. The van der Waals surface area contributed by atoms with E-state index in [2.05, 4.69) is 10.6 Å².